The van der Waals surface area contributed by atoms with Crippen LogP contribution in [0.1, 0.15) is 19.8 Å². The molecule has 14 heavy (non-hydrogen) atoms. The second-order valence-corrected chi connectivity index (χ2v) is 2.77. The van der Waals surface area contributed by atoms with Crippen molar-refractivity contribution in [1.82, 2.24) is 0 Å². The monoisotopic (exact) mass is 196 g/mol. The Morgan fingerprint density at radius 2 is 1.71 bits per heavy atom. The predicted octanol–water partition coefficient (Wildman–Crippen LogP) is 3.07. The molecule has 0 rings (SSSR count). The molecular weight excluding hydrogens is 176 g/mol. The van der Waals surface area contributed by atoms with E-state index in [0.29, 0.717) is 0 Å². The van der Waals surface area contributed by atoms with Crippen molar-refractivity contribution in [2.24, 2.45) is 0 Å². The minimum absolute atomic E-state index is 0.245. The maximum atomic E-state index is 4.99. The van der Waals surface area contributed by atoms with Crippen molar-refractivity contribution in [1.29, 1.82) is 0 Å². The summed E-state index contributed by atoms with van der Waals surface area (Å²) in [6, 6.07) is 0. The molecule has 0 aromatic rings. The zero-order valence-corrected chi connectivity index (χ0v) is 9.27. The molecule has 0 N–H and O–H groups in total. The summed E-state index contributed by atoms with van der Waals surface area (Å²) in [6.07, 6.45) is 14.0. The zero-order chi connectivity index (χ0) is 10.6. The Morgan fingerprint density at radius 3 is 2.29 bits per heavy atom. The highest BCUT2D eigenvalue weighted by molar-refractivity contribution is 5.05. The number of allylic oxidation sites excluding steroid dienone is 5. The fourth-order valence-electron chi connectivity index (χ4n) is 0.907. The molecule has 0 aliphatic carbocycles. The minimum atomic E-state index is -0.245. The Bertz CT molecular complexity index is 188. The highest BCUT2D eigenvalue weighted by atomic mass is 16.7. The number of methoxy groups -OCH3 is 2. The molecule has 0 unspecified atom stereocenters. The van der Waals surface area contributed by atoms with Crippen molar-refractivity contribution in [2.75, 3.05) is 14.2 Å². The van der Waals surface area contributed by atoms with Crippen LogP contribution < -0.4 is 0 Å². The van der Waals surface area contributed by atoms with Gasteiger partial charge in [0.2, 0.25) is 0 Å². The van der Waals surface area contributed by atoms with E-state index in [4.69, 9.17) is 9.47 Å². The SMILES string of the molecule is CCC=CCC=CC=CC(OC)OC. The van der Waals surface area contributed by atoms with Gasteiger partial charge in [-0.25, -0.2) is 0 Å². The third kappa shape index (κ3) is 7.77. The lowest BCUT2D eigenvalue weighted by molar-refractivity contribution is -0.0666. The van der Waals surface area contributed by atoms with Crippen LogP contribution in [0.2, 0.25) is 0 Å². The van der Waals surface area contributed by atoms with Gasteiger partial charge < -0.3 is 9.47 Å². The van der Waals surface area contributed by atoms with E-state index < -0.39 is 0 Å². The molecule has 0 heterocycles. The van der Waals surface area contributed by atoms with Crippen molar-refractivity contribution in [3.8, 4) is 0 Å². The van der Waals surface area contributed by atoms with Crippen molar-refractivity contribution >= 4 is 0 Å². The first-order valence-electron chi connectivity index (χ1n) is 4.89. The normalized spacial score (nSPS) is 12.9. The van der Waals surface area contributed by atoms with Crippen molar-refractivity contribution in [3.63, 3.8) is 0 Å². The third-order valence-electron chi connectivity index (χ3n) is 1.65. The van der Waals surface area contributed by atoms with Crippen LogP contribution in [0.15, 0.2) is 36.5 Å². The number of rotatable bonds is 7. The van der Waals surface area contributed by atoms with Crippen LogP contribution in [0.3, 0.4) is 0 Å². The highest BCUT2D eigenvalue weighted by Gasteiger charge is 1.94. The van der Waals surface area contributed by atoms with E-state index in [2.05, 4.69) is 25.2 Å². The molecule has 0 spiro atoms. The molecular formula is C12H20O2. The Balaban J connectivity index is 3.63. The molecule has 0 fully saturated rings. The lowest BCUT2D eigenvalue weighted by atomic mass is 10.3. The fraction of sp³-hybridized carbons (Fsp3) is 0.500. The van der Waals surface area contributed by atoms with E-state index in [-0.39, 0.29) is 6.29 Å². The summed E-state index contributed by atoms with van der Waals surface area (Å²) in [5.74, 6) is 0. The van der Waals surface area contributed by atoms with Crippen LogP contribution in [0, 0.1) is 0 Å². The quantitative estimate of drug-likeness (QED) is 0.354. The van der Waals surface area contributed by atoms with Crippen molar-refractivity contribution in [2.45, 2.75) is 26.1 Å². The van der Waals surface area contributed by atoms with Crippen LogP contribution in [0.25, 0.3) is 0 Å². The summed E-state index contributed by atoms with van der Waals surface area (Å²) in [5.41, 5.74) is 0. The van der Waals surface area contributed by atoms with Gasteiger partial charge in [-0.1, -0.05) is 37.3 Å². The molecule has 0 saturated heterocycles. The average Bonchev–Trinajstić information content (AvgIpc) is 2.22. The third-order valence-corrected chi connectivity index (χ3v) is 1.65. The average molecular weight is 196 g/mol. The van der Waals surface area contributed by atoms with Gasteiger partial charge in [0.1, 0.15) is 0 Å². The molecule has 0 atom stereocenters. The van der Waals surface area contributed by atoms with Crippen molar-refractivity contribution < 1.29 is 9.47 Å². The Kier molecular flexibility index (Phi) is 9.59. The predicted molar refractivity (Wildman–Crippen MR) is 60.1 cm³/mol. The first kappa shape index (κ1) is 13.1. The maximum Gasteiger partial charge on any atom is 0.176 e. The summed E-state index contributed by atoms with van der Waals surface area (Å²) in [5, 5.41) is 0. The van der Waals surface area contributed by atoms with Crippen LogP contribution >= 0.6 is 0 Å². The Hall–Kier alpha value is -0.860. The largest absolute Gasteiger partial charge is 0.352 e. The van der Waals surface area contributed by atoms with E-state index in [1.807, 2.05) is 18.2 Å². The fourth-order valence-corrected chi connectivity index (χ4v) is 0.907. The molecule has 0 aliphatic heterocycles. The van der Waals surface area contributed by atoms with Crippen LogP contribution in [0.4, 0.5) is 0 Å². The maximum absolute atomic E-state index is 4.99. The Morgan fingerprint density at radius 1 is 1.00 bits per heavy atom. The molecule has 0 amide bonds. The molecule has 0 aromatic carbocycles. The van der Waals surface area contributed by atoms with E-state index in [1.165, 1.54) is 0 Å². The minimum Gasteiger partial charge on any atom is -0.352 e. The molecule has 0 aromatic heterocycles. The highest BCUT2D eigenvalue weighted by Crippen LogP contribution is 1.94. The topological polar surface area (TPSA) is 18.5 Å². The summed E-state index contributed by atoms with van der Waals surface area (Å²) in [7, 11) is 3.23. The molecule has 2 heteroatoms. The molecule has 0 saturated carbocycles. The lowest BCUT2D eigenvalue weighted by Gasteiger charge is -2.06. The van der Waals surface area contributed by atoms with Gasteiger partial charge in [-0.3, -0.25) is 0 Å². The van der Waals surface area contributed by atoms with Gasteiger partial charge in [0.15, 0.2) is 6.29 Å². The van der Waals surface area contributed by atoms with Gasteiger partial charge in [-0.15, -0.1) is 0 Å². The smallest absolute Gasteiger partial charge is 0.176 e. The van der Waals surface area contributed by atoms with E-state index in [1.54, 1.807) is 14.2 Å². The molecule has 2 nitrogen and oxygen atoms in total. The summed E-state index contributed by atoms with van der Waals surface area (Å²) >= 11 is 0. The Labute approximate surface area is 86.9 Å². The second-order valence-electron chi connectivity index (χ2n) is 2.77. The standard InChI is InChI=1S/C12H20O2/c1-4-5-6-7-8-9-10-11-12(13-2)14-3/h5-6,8-12H,4,7H2,1-3H3. The van der Waals surface area contributed by atoms with Gasteiger partial charge in [0.25, 0.3) is 0 Å². The number of hydrogen-bond donors (Lipinski definition) is 0. The van der Waals surface area contributed by atoms with Crippen LogP contribution in [0.5, 0.6) is 0 Å². The van der Waals surface area contributed by atoms with Gasteiger partial charge in [-0.05, 0) is 18.9 Å². The van der Waals surface area contributed by atoms with Gasteiger partial charge in [0.05, 0.1) is 0 Å². The van der Waals surface area contributed by atoms with Crippen molar-refractivity contribution in [3.05, 3.63) is 36.5 Å². The molecule has 80 valence electrons. The number of hydrogen-bond acceptors (Lipinski definition) is 2. The number of ether oxygens (including phenoxy) is 2. The van der Waals surface area contributed by atoms with Crippen LogP contribution in [-0.4, -0.2) is 20.5 Å². The first-order valence-corrected chi connectivity index (χ1v) is 4.89. The van der Waals surface area contributed by atoms with E-state index in [9.17, 15) is 0 Å². The first-order chi connectivity index (χ1) is 6.85. The van der Waals surface area contributed by atoms with Crippen LogP contribution in [-0.2, 0) is 9.47 Å². The van der Waals surface area contributed by atoms with E-state index in [0.717, 1.165) is 12.8 Å². The van der Waals surface area contributed by atoms with Gasteiger partial charge >= 0.3 is 0 Å². The second kappa shape index (κ2) is 10.2. The summed E-state index contributed by atoms with van der Waals surface area (Å²) in [6.45, 7) is 2.13. The molecule has 0 aliphatic rings. The zero-order valence-electron chi connectivity index (χ0n) is 9.27. The summed E-state index contributed by atoms with van der Waals surface area (Å²) < 4.78 is 9.98. The molecule has 0 bridgehead atoms. The molecule has 0 radical (unpaired) electrons. The van der Waals surface area contributed by atoms with Gasteiger partial charge in [-0.2, -0.15) is 0 Å². The van der Waals surface area contributed by atoms with E-state index >= 15 is 0 Å². The van der Waals surface area contributed by atoms with Gasteiger partial charge in [0, 0.05) is 14.2 Å². The lowest BCUT2D eigenvalue weighted by Crippen LogP contribution is -2.08. The summed E-state index contributed by atoms with van der Waals surface area (Å²) in [4.78, 5) is 0.